The standard InChI is InChI=1S/C26H48O4/c1-3-5-7-9-13-17-21-29-25(27)23-19-15-11-12-16-20-24(23)26(28)30-22-18-14-10-8-6-4-2/h23-24H,3-22H2,1-2H3. The lowest BCUT2D eigenvalue weighted by molar-refractivity contribution is -0.162. The summed E-state index contributed by atoms with van der Waals surface area (Å²) in [7, 11) is 0. The van der Waals surface area contributed by atoms with E-state index in [4.69, 9.17) is 9.47 Å². The lowest BCUT2D eigenvalue weighted by Crippen LogP contribution is -2.33. The third-order valence-corrected chi connectivity index (χ3v) is 6.36. The van der Waals surface area contributed by atoms with Crippen molar-refractivity contribution < 1.29 is 19.1 Å². The first-order valence-corrected chi connectivity index (χ1v) is 13.0. The molecule has 0 aromatic rings. The smallest absolute Gasteiger partial charge is 0.309 e. The molecule has 0 N–H and O–H groups in total. The van der Waals surface area contributed by atoms with Gasteiger partial charge >= 0.3 is 11.9 Å². The summed E-state index contributed by atoms with van der Waals surface area (Å²) in [4.78, 5) is 25.5. The molecule has 30 heavy (non-hydrogen) atoms. The van der Waals surface area contributed by atoms with Crippen LogP contribution in [0.15, 0.2) is 0 Å². The Morgan fingerprint density at radius 3 is 1.33 bits per heavy atom. The van der Waals surface area contributed by atoms with Gasteiger partial charge in [0, 0.05) is 0 Å². The molecule has 1 saturated carbocycles. The Labute approximate surface area is 185 Å². The van der Waals surface area contributed by atoms with Crippen molar-refractivity contribution in [3.63, 3.8) is 0 Å². The molecule has 4 nitrogen and oxygen atoms in total. The summed E-state index contributed by atoms with van der Waals surface area (Å²) in [5.41, 5.74) is 0. The first kappa shape index (κ1) is 27.0. The molecule has 0 spiro atoms. The van der Waals surface area contributed by atoms with Crippen LogP contribution in [0.4, 0.5) is 0 Å². The summed E-state index contributed by atoms with van der Waals surface area (Å²) in [5.74, 6) is -0.983. The molecule has 1 rings (SSSR count). The summed E-state index contributed by atoms with van der Waals surface area (Å²) < 4.78 is 11.2. The normalized spacial score (nSPS) is 19.7. The van der Waals surface area contributed by atoms with E-state index in [1.807, 2.05) is 0 Å². The fraction of sp³-hybridized carbons (Fsp3) is 0.923. The predicted octanol–water partition coefficient (Wildman–Crippen LogP) is 7.38. The lowest BCUT2D eigenvalue weighted by atomic mass is 9.81. The Hall–Kier alpha value is -1.06. The van der Waals surface area contributed by atoms with Crippen LogP contribution >= 0.6 is 0 Å². The molecular formula is C26H48O4. The number of rotatable bonds is 16. The Balaban J connectivity index is 2.38. The number of unbranched alkanes of at least 4 members (excludes halogenated alkanes) is 10. The zero-order chi connectivity index (χ0) is 21.9. The maximum Gasteiger partial charge on any atom is 0.309 e. The monoisotopic (exact) mass is 424 g/mol. The van der Waals surface area contributed by atoms with E-state index in [9.17, 15) is 9.59 Å². The highest BCUT2D eigenvalue weighted by Crippen LogP contribution is 2.30. The average molecular weight is 425 g/mol. The van der Waals surface area contributed by atoms with E-state index in [1.165, 1.54) is 51.4 Å². The molecule has 0 aromatic carbocycles. The predicted molar refractivity (Wildman–Crippen MR) is 123 cm³/mol. The number of hydrogen-bond donors (Lipinski definition) is 0. The van der Waals surface area contributed by atoms with Gasteiger partial charge in [0.25, 0.3) is 0 Å². The van der Waals surface area contributed by atoms with Crippen molar-refractivity contribution in [2.24, 2.45) is 11.8 Å². The first-order chi connectivity index (χ1) is 14.7. The third kappa shape index (κ3) is 12.6. The Morgan fingerprint density at radius 1 is 0.567 bits per heavy atom. The van der Waals surface area contributed by atoms with Gasteiger partial charge in [-0.2, -0.15) is 0 Å². The summed E-state index contributed by atoms with van der Waals surface area (Å²) in [6.45, 7) is 5.40. The minimum atomic E-state index is -0.317. The molecule has 4 heteroatoms. The van der Waals surface area contributed by atoms with Gasteiger partial charge in [-0.15, -0.1) is 0 Å². The molecule has 0 radical (unpaired) electrons. The van der Waals surface area contributed by atoms with Gasteiger partial charge in [0.1, 0.15) is 0 Å². The molecule has 0 saturated heterocycles. The Bertz CT molecular complexity index is 395. The first-order valence-electron chi connectivity index (χ1n) is 13.0. The quantitative estimate of drug-likeness (QED) is 0.191. The maximum atomic E-state index is 12.8. The van der Waals surface area contributed by atoms with Crippen molar-refractivity contribution in [1.82, 2.24) is 0 Å². The third-order valence-electron chi connectivity index (χ3n) is 6.36. The Morgan fingerprint density at radius 2 is 0.933 bits per heavy atom. The van der Waals surface area contributed by atoms with E-state index < -0.39 is 0 Å². The van der Waals surface area contributed by atoms with Gasteiger partial charge in [0.15, 0.2) is 0 Å². The van der Waals surface area contributed by atoms with Crippen LogP contribution < -0.4 is 0 Å². The molecule has 1 aliphatic rings. The second-order valence-corrected chi connectivity index (χ2v) is 9.08. The minimum absolute atomic E-state index is 0.174. The van der Waals surface area contributed by atoms with Crippen LogP contribution in [0.3, 0.4) is 0 Å². The molecular weight excluding hydrogens is 376 g/mol. The van der Waals surface area contributed by atoms with Crippen LogP contribution in [0.2, 0.25) is 0 Å². The Kier molecular flexibility index (Phi) is 16.8. The maximum absolute atomic E-state index is 12.8. The molecule has 176 valence electrons. The molecule has 0 aliphatic heterocycles. The summed E-state index contributed by atoms with van der Waals surface area (Å²) in [6.07, 6.45) is 19.9. The fourth-order valence-corrected chi connectivity index (χ4v) is 4.37. The summed E-state index contributed by atoms with van der Waals surface area (Å²) in [6, 6.07) is 0. The second-order valence-electron chi connectivity index (χ2n) is 9.08. The number of carbonyl (C=O) groups is 2. The van der Waals surface area contributed by atoms with E-state index >= 15 is 0 Å². The molecule has 0 amide bonds. The number of hydrogen-bond acceptors (Lipinski definition) is 4. The molecule has 0 bridgehead atoms. The van der Waals surface area contributed by atoms with Gasteiger partial charge in [-0.1, -0.05) is 104 Å². The minimum Gasteiger partial charge on any atom is -0.465 e. The van der Waals surface area contributed by atoms with Crippen molar-refractivity contribution in [2.45, 2.75) is 129 Å². The van der Waals surface area contributed by atoms with Crippen molar-refractivity contribution >= 4 is 11.9 Å². The topological polar surface area (TPSA) is 52.6 Å². The van der Waals surface area contributed by atoms with Crippen molar-refractivity contribution in [3.8, 4) is 0 Å². The van der Waals surface area contributed by atoms with E-state index in [-0.39, 0.29) is 23.8 Å². The number of carbonyl (C=O) groups excluding carboxylic acids is 2. The molecule has 1 fully saturated rings. The highest BCUT2D eigenvalue weighted by atomic mass is 16.5. The zero-order valence-electron chi connectivity index (χ0n) is 19.9. The summed E-state index contributed by atoms with van der Waals surface area (Å²) in [5, 5.41) is 0. The largest absolute Gasteiger partial charge is 0.465 e. The van der Waals surface area contributed by atoms with Crippen LogP contribution in [0, 0.1) is 11.8 Å². The highest BCUT2D eigenvalue weighted by Gasteiger charge is 2.36. The van der Waals surface area contributed by atoms with Crippen LogP contribution in [0.25, 0.3) is 0 Å². The van der Waals surface area contributed by atoms with E-state index in [0.717, 1.165) is 64.2 Å². The van der Waals surface area contributed by atoms with Gasteiger partial charge < -0.3 is 9.47 Å². The lowest BCUT2D eigenvalue weighted by Gasteiger charge is -2.26. The zero-order valence-corrected chi connectivity index (χ0v) is 19.9. The SMILES string of the molecule is CCCCCCCCOC(=O)C1CCCCCCC1C(=O)OCCCCCCCC. The van der Waals surface area contributed by atoms with Crippen LogP contribution in [-0.4, -0.2) is 25.2 Å². The molecule has 0 aromatic heterocycles. The number of ether oxygens (including phenoxy) is 2. The summed E-state index contributed by atoms with van der Waals surface area (Å²) >= 11 is 0. The van der Waals surface area contributed by atoms with Crippen molar-refractivity contribution in [2.75, 3.05) is 13.2 Å². The van der Waals surface area contributed by atoms with Crippen LogP contribution in [-0.2, 0) is 19.1 Å². The van der Waals surface area contributed by atoms with E-state index in [1.54, 1.807) is 0 Å². The molecule has 0 heterocycles. The van der Waals surface area contributed by atoms with E-state index in [0.29, 0.717) is 13.2 Å². The molecule has 2 atom stereocenters. The number of esters is 2. The van der Waals surface area contributed by atoms with Crippen LogP contribution in [0.5, 0.6) is 0 Å². The van der Waals surface area contributed by atoms with Crippen molar-refractivity contribution in [1.29, 1.82) is 0 Å². The highest BCUT2D eigenvalue weighted by molar-refractivity contribution is 5.82. The van der Waals surface area contributed by atoms with Gasteiger partial charge in [0.05, 0.1) is 25.0 Å². The van der Waals surface area contributed by atoms with Gasteiger partial charge in [-0.05, 0) is 25.7 Å². The van der Waals surface area contributed by atoms with Gasteiger partial charge in [-0.3, -0.25) is 9.59 Å². The van der Waals surface area contributed by atoms with E-state index in [2.05, 4.69) is 13.8 Å². The fourth-order valence-electron chi connectivity index (χ4n) is 4.37. The van der Waals surface area contributed by atoms with Crippen LogP contribution in [0.1, 0.15) is 129 Å². The molecule has 1 aliphatic carbocycles. The average Bonchev–Trinajstić information content (AvgIpc) is 2.72. The van der Waals surface area contributed by atoms with Gasteiger partial charge in [-0.25, -0.2) is 0 Å². The second kappa shape index (κ2) is 18.7. The van der Waals surface area contributed by atoms with Gasteiger partial charge in [0.2, 0.25) is 0 Å². The molecule has 2 unspecified atom stereocenters. The van der Waals surface area contributed by atoms with Crippen molar-refractivity contribution in [3.05, 3.63) is 0 Å².